The standard InChI is InChI=1S/C32H56N2O4Si/c1-23(2)34-20-17-25(18-21-34)14-16-27(35)28-24(3)13-15-26(12-11-19-33)29(28)38-39(10,22-31(4,5)6)30(36)37-32(7,8)9/h13,15,23,25H,11-12,14,16-22,33H2,1-10H3. The number of carbonyl (C=O) groups excluding carboxylic acids is 2. The van der Waals surface area contributed by atoms with Gasteiger partial charge in [0.25, 0.3) is 0 Å². The molecule has 1 unspecified atom stereocenters. The van der Waals surface area contributed by atoms with Crippen LogP contribution in [0.1, 0.15) is 109 Å². The summed E-state index contributed by atoms with van der Waals surface area (Å²) in [5.41, 5.74) is 7.32. The van der Waals surface area contributed by atoms with Gasteiger partial charge >= 0.3 is 13.9 Å². The molecule has 1 saturated heterocycles. The second-order valence-electron chi connectivity index (χ2n) is 14.2. The monoisotopic (exact) mass is 560 g/mol. The quantitative estimate of drug-likeness (QED) is 0.211. The zero-order valence-electron chi connectivity index (χ0n) is 26.5. The van der Waals surface area contributed by atoms with Gasteiger partial charge in [0.05, 0.1) is 5.56 Å². The Balaban J connectivity index is 2.42. The van der Waals surface area contributed by atoms with E-state index in [-0.39, 0.29) is 16.8 Å². The molecule has 1 atom stereocenters. The van der Waals surface area contributed by atoms with Crippen molar-refractivity contribution < 1.29 is 18.8 Å². The third-order valence-electron chi connectivity index (χ3n) is 7.56. The number of likely N-dealkylation sites (tertiary alicyclic amines) is 1. The molecule has 1 aliphatic heterocycles. The van der Waals surface area contributed by atoms with E-state index in [4.69, 9.17) is 14.9 Å². The lowest BCUT2D eigenvalue weighted by atomic mass is 9.88. The van der Waals surface area contributed by atoms with Gasteiger partial charge in [-0.2, -0.15) is 0 Å². The van der Waals surface area contributed by atoms with Crippen molar-refractivity contribution in [2.45, 2.75) is 125 Å². The Labute approximate surface area is 239 Å². The minimum atomic E-state index is -3.13. The summed E-state index contributed by atoms with van der Waals surface area (Å²) in [5.74, 6) is 1.27. The number of benzene rings is 1. The van der Waals surface area contributed by atoms with E-state index >= 15 is 0 Å². The van der Waals surface area contributed by atoms with E-state index in [0.29, 0.717) is 48.7 Å². The van der Waals surface area contributed by atoms with Crippen LogP contribution in [0.4, 0.5) is 4.79 Å². The van der Waals surface area contributed by atoms with Crippen molar-refractivity contribution in [3.63, 3.8) is 0 Å². The van der Waals surface area contributed by atoms with E-state index < -0.39 is 13.9 Å². The maximum absolute atomic E-state index is 13.9. The fraction of sp³-hybridized carbons (Fsp3) is 0.750. The average Bonchev–Trinajstić information content (AvgIpc) is 2.80. The number of rotatable bonds is 12. The second kappa shape index (κ2) is 13.8. The molecule has 1 aromatic rings. The highest BCUT2D eigenvalue weighted by Crippen LogP contribution is 2.37. The molecule has 2 rings (SSSR count). The van der Waals surface area contributed by atoms with Gasteiger partial charge in [-0.25, -0.2) is 0 Å². The highest BCUT2D eigenvalue weighted by atomic mass is 28.4. The van der Waals surface area contributed by atoms with Crippen molar-refractivity contribution in [1.82, 2.24) is 4.90 Å². The molecule has 1 fully saturated rings. The first-order chi connectivity index (χ1) is 18.0. The van der Waals surface area contributed by atoms with Crippen LogP contribution in [0.5, 0.6) is 5.75 Å². The maximum atomic E-state index is 13.9. The number of carbonyl (C=O) groups is 2. The highest BCUT2D eigenvalue weighted by molar-refractivity contribution is 7.00. The van der Waals surface area contributed by atoms with Crippen LogP contribution < -0.4 is 10.2 Å². The lowest BCUT2D eigenvalue weighted by Gasteiger charge is -2.35. The van der Waals surface area contributed by atoms with Crippen molar-refractivity contribution in [3.05, 3.63) is 28.8 Å². The maximum Gasteiger partial charge on any atom is 0.370 e. The molecule has 0 radical (unpaired) electrons. The van der Waals surface area contributed by atoms with Gasteiger partial charge in [0, 0.05) is 12.5 Å². The van der Waals surface area contributed by atoms with E-state index in [1.54, 1.807) is 0 Å². The number of hydrogen-bond donors (Lipinski definition) is 1. The van der Waals surface area contributed by atoms with E-state index in [9.17, 15) is 9.59 Å². The van der Waals surface area contributed by atoms with Gasteiger partial charge in [0.2, 0.25) is 0 Å². The van der Waals surface area contributed by atoms with E-state index in [1.165, 1.54) is 0 Å². The van der Waals surface area contributed by atoms with Crippen molar-refractivity contribution in [3.8, 4) is 5.75 Å². The van der Waals surface area contributed by atoms with Crippen molar-refractivity contribution >= 4 is 19.7 Å². The molecule has 0 spiro atoms. The molecule has 2 N–H and O–H groups in total. The molecule has 0 saturated carbocycles. The van der Waals surface area contributed by atoms with Crippen LogP contribution in [0.3, 0.4) is 0 Å². The molecule has 0 aromatic heterocycles. The molecule has 1 aromatic carbocycles. The molecular weight excluding hydrogens is 504 g/mol. The number of ketones is 1. The molecule has 7 heteroatoms. The molecule has 6 nitrogen and oxygen atoms in total. The summed E-state index contributed by atoms with van der Waals surface area (Å²) in [5, 5.41) is 0. The Hall–Kier alpha value is -1.70. The summed E-state index contributed by atoms with van der Waals surface area (Å²) >= 11 is 0. The van der Waals surface area contributed by atoms with Crippen LogP contribution in [0.15, 0.2) is 12.1 Å². The third kappa shape index (κ3) is 10.3. The lowest BCUT2D eigenvalue weighted by Crippen LogP contribution is -2.52. The number of ether oxygens (including phenoxy) is 1. The van der Waals surface area contributed by atoms with Crippen LogP contribution in [-0.4, -0.2) is 55.9 Å². The number of hydrogen-bond acceptors (Lipinski definition) is 6. The van der Waals surface area contributed by atoms with Gasteiger partial charge in [-0.15, -0.1) is 0 Å². The summed E-state index contributed by atoms with van der Waals surface area (Å²) in [6.07, 6.45) is 5.15. The minimum absolute atomic E-state index is 0.111. The van der Waals surface area contributed by atoms with Crippen LogP contribution >= 0.6 is 0 Å². The van der Waals surface area contributed by atoms with E-state index in [0.717, 1.165) is 49.9 Å². The van der Waals surface area contributed by atoms with Gasteiger partial charge in [0.15, 0.2) is 5.78 Å². The number of nitrogens with zero attached hydrogens (tertiary/aromatic N) is 1. The molecule has 0 aliphatic carbocycles. The Morgan fingerprint density at radius 2 is 1.72 bits per heavy atom. The first kappa shape index (κ1) is 33.5. The van der Waals surface area contributed by atoms with Crippen LogP contribution in [0, 0.1) is 18.3 Å². The fourth-order valence-electron chi connectivity index (χ4n) is 5.67. The first-order valence-corrected chi connectivity index (χ1v) is 17.6. The normalized spacial score (nSPS) is 17.2. The zero-order valence-corrected chi connectivity index (χ0v) is 27.5. The van der Waals surface area contributed by atoms with Crippen LogP contribution in [0.2, 0.25) is 12.6 Å². The minimum Gasteiger partial charge on any atom is -0.531 e. The Bertz CT molecular complexity index is 972. The van der Waals surface area contributed by atoms with E-state index in [2.05, 4.69) is 39.5 Å². The number of Topliss-reactive ketones (excluding diaryl/α,β-unsaturated/α-hetero) is 1. The van der Waals surface area contributed by atoms with Gasteiger partial charge < -0.3 is 19.8 Å². The second-order valence-corrected chi connectivity index (χ2v) is 17.7. The Morgan fingerprint density at radius 1 is 1.10 bits per heavy atom. The predicted molar refractivity (Wildman–Crippen MR) is 164 cm³/mol. The van der Waals surface area contributed by atoms with Gasteiger partial charge in [-0.3, -0.25) is 9.59 Å². The zero-order chi connectivity index (χ0) is 29.6. The van der Waals surface area contributed by atoms with Gasteiger partial charge in [-0.1, -0.05) is 32.9 Å². The third-order valence-corrected chi connectivity index (χ3v) is 10.9. The van der Waals surface area contributed by atoms with Crippen LogP contribution in [0.25, 0.3) is 0 Å². The Kier molecular flexibility index (Phi) is 11.8. The number of piperidine rings is 1. The Morgan fingerprint density at radius 3 is 2.23 bits per heavy atom. The summed E-state index contributed by atoms with van der Waals surface area (Å²) < 4.78 is 12.8. The number of aryl methyl sites for hydroxylation is 2. The molecular formula is C32H56N2O4Si. The fourth-order valence-corrected chi connectivity index (χ4v) is 9.20. The SMILES string of the molecule is Cc1ccc(CCCN)c(O[Si](C)(CC(C)(C)C)C(=O)OC(C)(C)C)c1C(=O)CCC1CCN(C(C)C)CC1. The largest absolute Gasteiger partial charge is 0.531 e. The predicted octanol–water partition coefficient (Wildman–Crippen LogP) is 7.49. The average molecular weight is 561 g/mol. The van der Waals surface area contributed by atoms with Crippen LogP contribution in [-0.2, 0) is 11.2 Å². The molecule has 0 bridgehead atoms. The van der Waals surface area contributed by atoms with Crippen molar-refractivity contribution in [2.75, 3.05) is 19.6 Å². The first-order valence-electron chi connectivity index (χ1n) is 15.0. The molecule has 1 aliphatic rings. The summed E-state index contributed by atoms with van der Waals surface area (Å²) in [7, 11) is -3.13. The molecule has 39 heavy (non-hydrogen) atoms. The highest BCUT2D eigenvalue weighted by Gasteiger charge is 2.48. The summed E-state index contributed by atoms with van der Waals surface area (Å²) in [6.45, 7) is 23.2. The van der Waals surface area contributed by atoms with Crippen molar-refractivity contribution in [2.24, 2.45) is 17.1 Å². The molecule has 1 heterocycles. The molecule has 222 valence electrons. The van der Waals surface area contributed by atoms with Gasteiger partial charge in [-0.05, 0) is 128 Å². The summed E-state index contributed by atoms with van der Waals surface area (Å²) in [6, 6.07) is 5.22. The molecule has 0 amide bonds. The number of nitrogens with two attached hydrogens (primary N) is 1. The topological polar surface area (TPSA) is 81.9 Å². The van der Waals surface area contributed by atoms with Crippen molar-refractivity contribution in [1.29, 1.82) is 0 Å². The van der Waals surface area contributed by atoms with Gasteiger partial charge in [0.1, 0.15) is 11.4 Å². The van der Waals surface area contributed by atoms with E-state index in [1.807, 2.05) is 46.4 Å². The summed E-state index contributed by atoms with van der Waals surface area (Å²) in [4.78, 5) is 30.1. The smallest absolute Gasteiger partial charge is 0.370 e. The lowest BCUT2D eigenvalue weighted by molar-refractivity contribution is 0.0673.